The van der Waals surface area contributed by atoms with Gasteiger partial charge in [-0.1, -0.05) is 317 Å². The summed E-state index contributed by atoms with van der Waals surface area (Å²) in [6, 6.07) is 0. The predicted molar refractivity (Wildman–Crippen MR) is 390 cm³/mol. The lowest BCUT2D eigenvalue weighted by atomic mass is 10.0. The van der Waals surface area contributed by atoms with Gasteiger partial charge in [0.05, 0.1) is 26.4 Å². The first-order valence-corrected chi connectivity index (χ1v) is 42.2. The van der Waals surface area contributed by atoms with Gasteiger partial charge >= 0.3 is 39.5 Å². The second-order valence-electron chi connectivity index (χ2n) is 28.5. The van der Waals surface area contributed by atoms with Crippen molar-refractivity contribution in [2.24, 2.45) is 17.8 Å². The number of carbonyl (C=O) groups is 4. The third kappa shape index (κ3) is 70.0. The van der Waals surface area contributed by atoms with Crippen LogP contribution in [0.4, 0.5) is 0 Å². The van der Waals surface area contributed by atoms with Gasteiger partial charge in [-0.25, -0.2) is 9.13 Å². The minimum Gasteiger partial charge on any atom is -0.462 e. The zero-order chi connectivity index (χ0) is 70.9. The first-order valence-electron chi connectivity index (χ1n) is 39.2. The summed E-state index contributed by atoms with van der Waals surface area (Å²) < 4.78 is 68.5. The first kappa shape index (κ1) is 93.5. The van der Waals surface area contributed by atoms with Crippen LogP contribution in [0.5, 0.6) is 0 Å². The minimum atomic E-state index is -4.96. The maximum Gasteiger partial charge on any atom is 0.472 e. The minimum absolute atomic E-state index is 0.0837. The third-order valence-electron chi connectivity index (χ3n) is 17.3. The summed E-state index contributed by atoms with van der Waals surface area (Å²) in [6.45, 7) is 11.8. The van der Waals surface area contributed by atoms with E-state index in [0.717, 1.165) is 121 Å². The van der Waals surface area contributed by atoms with Crippen LogP contribution in [-0.4, -0.2) is 96.7 Å². The van der Waals surface area contributed by atoms with E-state index in [1.807, 2.05) is 0 Å². The highest BCUT2D eigenvalue weighted by molar-refractivity contribution is 7.47. The molecule has 19 heteroatoms. The Hall–Kier alpha value is -2.46. The molecule has 0 spiro atoms. The van der Waals surface area contributed by atoms with Crippen molar-refractivity contribution in [1.29, 1.82) is 0 Å². The highest BCUT2D eigenvalue weighted by Crippen LogP contribution is 2.45. The van der Waals surface area contributed by atoms with Crippen LogP contribution in [0.2, 0.25) is 0 Å². The van der Waals surface area contributed by atoms with Gasteiger partial charge in [-0.2, -0.15) is 0 Å². The predicted octanol–water partition coefficient (Wildman–Crippen LogP) is 22.1. The number of aliphatic hydroxyl groups excluding tert-OH is 1. The van der Waals surface area contributed by atoms with Crippen LogP contribution in [0.1, 0.15) is 370 Å². The van der Waals surface area contributed by atoms with Crippen molar-refractivity contribution in [3.8, 4) is 0 Å². The van der Waals surface area contributed by atoms with Crippen LogP contribution in [0.15, 0.2) is 24.3 Å². The Morgan fingerprint density at radius 1 is 0.323 bits per heavy atom. The molecule has 96 heavy (non-hydrogen) atoms. The van der Waals surface area contributed by atoms with Crippen molar-refractivity contribution in [2.45, 2.75) is 388 Å². The largest absolute Gasteiger partial charge is 0.472 e. The highest BCUT2D eigenvalue weighted by atomic mass is 31.2. The maximum absolute atomic E-state index is 13.1. The lowest BCUT2D eigenvalue weighted by Gasteiger charge is -2.21. The van der Waals surface area contributed by atoms with E-state index < -0.39 is 97.5 Å². The standard InChI is InChI=1S/C77H146O17P2/c1-8-9-10-11-12-13-14-15-18-23-26-32-37-46-53-60-76(81)94-73(65-88-75(80)59-52-45-40-39-43-50-57-70(6)7)67-92-96(85,86)90-63-71(78)62-89-95(83,84)91-66-72(93-77(82)61-54-47-38-33-28-27-30-35-42-49-56-69(4)5)64-87-74(79)58-51-44-36-31-25-22-20-17-16-19-21-24-29-34-41-48-55-68(2)3/h13-15,18,68-73,78H,8-12,16-17,19-67H2,1-7H3,(H,83,84)(H,85,86)/b14-13-,18-15-/t71-,72-,73-/m1/s1. The van der Waals surface area contributed by atoms with E-state index in [4.69, 9.17) is 37.0 Å². The Kier molecular flexibility index (Phi) is 65.3. The van der Waals surface area contributed by atoms with Gasteiger partial charge in [-0.05, 0) is 69.1 Å². The van der Waals surface area contributed by atoms with E-state index in [0.29, 0.717) is 31.6 Å². The van der Waals surface area contributed by atoms with E-state index >= 15 is 0 Å². The van der Waals surface area contributed by atoms with Crippen molar-refractivity contribution >= 4 is 39.5 Å². The molecule has 2 unspecified atom stereocenters. The van der Waals surface area contributed by atoms with E-state index in [1.165, 1.54) is 161 Å². The van der Waals surface area contributed by atoms with Crippen molar-refractivity contribution in [3.63, 3.8) is 0 Å². The normalized spacial score (nSPS) is 14.2. The summed E-state index contributed by atoms with van der Waals surface area (Å²) in [7, 11) is -9.92. The third-order valence-corrected chi connectivity index (χ3v) is 19.2. The lowest BCUT2D eigenvalue weighted by molar-refractivity contribution is -0.161. The second kappa shape index (κ2) is 67.1. The van der Waals surface area contributed by atoms with Gasteiger partial charge in [0, 0.05) is 25.7 Å². The van der Waals surface area contributed by atoms with Crippen molar-refractivity contribution in [1.82, 2.24) is 0 Å². The number of esters is 4. The Bertz CT molecular complexity index is 1960. The van der Waals surface area contributed by atoms with Crippen molar-refractivity contribution in [3.05, 3.63) is 24.3 Å². The number of carbonyl (C=O) groups excluding carboxylic acids is 4. The van der Waals surface area contributed by atoms with E-state index in [1.54, 1.807) is 0 Å². The molecule has 0 radical (unpaired) electrons. The zero-order valence-corrected chi connectivity index (χ0v) is 64.1. The molecular weight excluding hydrogens is 1260 g/mol. The summed E-state index contributed by atoms with van der Waals surface area (Å²) in [4.78, 5) is 72.8. The van der Waals surface area contributed by atoms with Crippen LogP contribution < -0.4 is 0 Å². The molecule has 0 aromatic carbocycles. The molecular formula is C77H146O17P2. The first-order chi connectivity index (χ1) is 46.2. The molecule has 0 rings (SSSR count). The molecule has 0 aromatic heterocycles. The van der Waals surface area contributed by atoms with E-state index in [2.05, 4.69) is 72.8 Å². The number of ether oxygens (including phenoxy) is 4. The topological polar surface area (TPSA) is 237 Å². The van der Waals surface area contributed by atoms with Crippen LogP contribution in [0, 0.1) is 17.8 Å². The lowest BCUT2D eigenvalue weighted by Crippen LogP contribution is -2.30. The van der Waals surface area contributed by atoms with Crippen LogP contribution in [0.25, 0.3) is 0 Å². The van der Waals surface area contributed by atoms with Gasteiger partial charge in [-0.15, -0.1) is 0 Å². The molecule has 0 aromatic rings. The molecule has 17 nitrogen and oxygen atoms in total. The van der Waals surface area contributed by atoms with E-state index in [-0.39, 0.29) is 25.7 Å². The second-order valence-corrected chi connectivity index (χ2v) is 31.4. The van der Waals surface area contributed by atoms with Crippen LogP contribution >= 0.6 is 15.6 Å². The average Bonchev–Trinajstić information content (AvgIpc) is 1.14. The Morgan fingerprint density at radius 3 is 0.844 bits per heavy atom. The Labute approximate surface area is 586 Å². The fraction of sp³-hybridized carbons (Fsp3) is 0.896. The Balaban J connectivity index is 5.24. The molecule has 566 valence electrons. The molecule has 5 atom stereocenters. The van der Waals surface area contributed by atoms with Crippen molar-refractivity contribution < 1.29 is 80.2 Å². The molecule has 0 bridgehead atoms. The van der Waals surface area contributed by atoms with Crippen molar-refractivity contribution in [2.75, 3.05) is 39.6 Å². The van der Waals surface area contributed by atoms with Gasteiger partial charge in [-0.3, -0.25) is 37.3 Å². The average molecular weight is 1410 g/mol. The number of phosphoric acid groups is 2. The molecule has 0 saturated heterocycles. The van der Waals surface area contributed by atoms with Crippen LogP contribution in [-0.2, 0) is 65.4 Å². The van der Waals surface area contributed by atoms with Gasteiger partial charge in [0.15, 0.2) is 12.2 Å². The molecule has 0 fully saturated rings. The van der Waals surface area contributed by atoms with Crippen LogP contribution in [0.3, 0.4) is 0 Å². The molecule has 0 aliphatic rings. The summed E-state index contributed by atoms with van der Waals surface area (Å²) in [5.74, 6) is 0.0877. The number of rotatable bonds is 73. The molecule has 0 aliphatic heterocycles. The smallest absolute Gasteiger partial charge is 0.462 e. The molecule has 3 N–H and O–H groups in total. The maximum atomic E-state index is 13.1. The molecule has 0 aliphatic carbocycles. The number of aliphatic hydroxyl groups is 1. The summed E-state index contributed by atoms with van der Waals surface area (Å²) in [5.41, 5.74) is 0. The summed E-state index contributed by atoms with van der Waals surface area (Å²) in [5, 5.41) is 10.6. The Morgan fingerprint density at radius 2 is 0.562 bits per heavy atom. The highest BCUT2D eigenvalue weighted by Gasteiger charge is 2.30. The number of hydrogen-bond donors (Lipinski definition) is 3. The quantitative estimate of drug-likeness (QED) is 0.0169. The summed E-state index contributed by atoms with van der Waals surface area (Å²) in [6.07, 6.45) is 56.5. The molecule has 0 amide bonds. The van der Waals surface area contributed by atoms with Gasteiger partial charge < -0.3 is 33.8 Å². The number of hydrogen-bond acceptors (Lipinski definition) is 15. The van der Waals surface area contributed by atoms with Gasteiger partial charge in [0.1, 0.15) is 19.3 Å². The van der Waals surface area contributed by atoms with Gasteiger partial charge in [0.2, 0.25) is 0 Å². The SMILES string of the molecule is CCCCCC/C=C\C=C/CCCCCCCC(=O)O[C@H](COC(=O)CCCCCCCCC(C)C)COP(=O)(O)OC[C@H](O)COP(=O)(O)OC[C@@H](COC(=O)CCCCCCCCCCCCCCCCCCC(C)C)OC(=O)CCCCCCCCCCCCC(C)C. The number of unbranched alkanes of at least 4 members (excludes halogenated alkanes) is 38. The zero-order valence-electron chi connectivity index (χ0n) is 62.3. The van der Waals surface area contributed by atoms with E-state index in [9.17, 15) is 43.2 Å². The fourth-order valence-electron chi connectivity index (χ4n) is 11.2. The monoisotopic (exact) mass is 1410 g/mol. The molecule has 0 heterocycles. The molecule has 0 saturated carbocycles. The number of phosphoric ester groups is 2. The van der Waals surface area contributed by atoms with Gasteiger partial charge in [0.25, 0.3) is 0 Å². The summed E-state index contributed by atoms with van der Waals surface area (Å²) >= 11 is 0. The fourth-order valence-corrected chi connectivity index (χ4v) is 12.8. The number of allylic oxidation sites excluding steroid dienone is 4.